The Morgan fingerprint density at radius 2 is 1.72 bits per heavy atom. The van der Waals surface area contributed by atoms with Crippen LogP contribution in [0.15, 0.2) is 77.5 Å². The summed E-state index contributed by atoms with van der Waals surface area (Å²) >= 11 is 1.56. The molecule has 1 aromatic heterocycles. The number of aliphatic hydroxyl groups is 1. The molecule has 0 saturated heterocycles. The monoisotopic (exact) mass is 341 g/mol. The molecule has 120 valence electrons. The number of rotatable bonds is 3. The highest BCUT2D eigenvalue weighted by atomic mass is 32.1. The van der Waals surface area contributed by atoms with Gasteiger partial charge < -0.3 is 5.11 Å². The van der Waals surface area contributed by atoms with E-state index in [4.69, 9.17) is 0 Å². The Labute approximate surface area is 150 Å². The fourth-order valence-electron chi connectivity index (χ4n) is 3.14. The van der Waals surface area contributed by atoms with Gasteiger partial charge in [0.25, 0.3) is 0 Å². The fourth-order valence-corrected chi connectivity index (χ4v) is 3.81. The van der Waals surface area contributed by atoms with Crippen LogP contribution in [0.4, 0.5) is 0 Å². The van der Waals surface area contributed by atoms with Gasteiger partial charge in [-0.3, -0.25) is 0 Å². The predicted molar refractivity (Wildman–Crippen MR) is 102 cm³/mol. The van der Waals surface area contributed by atoms with Gasteiger partial charge in [-0.25, -0.2) is 0 Å². The van der Waals surface area contributed by atoms with Crippen molar-refractivity contribution in [3.05, 3.63) is 94.2 Å². The Morgan fingerprint density at radius 3 is 2.52 bits per heavy atom. The molecular formula is C22H15NOS. The van der Waals surface area contributed by atoms with Gasteiger partial charge in [0, 0.05) is 5.56 Å². The average Bonchev–Trinajstić information content (AvgIpc) is 3.21. The van der Waals surface area contributed by atoms with E-state index < -0.39 is 6.10 Å². The molecule has 1 atom stereocenters. The van der Waals surface area contributed by atoms with Gasteiger partial charge in [0.2, 0.25) is 0 Å². The van der Waals surface area contributed by atoms with Crippen LogP contribution in [0, 0.1) is 11.3 Å². The number of aliphatic hydroxyl groups excluding tert-OH is 1. The number of benzene rings is 3. The molecule has 0 radical (unpaired) electrons. The van der Waals surface area contributed by atoms with E-state index in [1.54, 1.807) is 17.4 Å². The van der Waals surface area contributed by atoms with Gasteiger partial charge in [0.1, 0.15) is 6.10 Å². The van der Waals surface area contributed by atoms with E-state index in [9.17, 15) is 10.4 Å². The fraction of sp³-hybridized carbons (Fsp3) is 0.0455. The van der Waals surface area contributed by atoms with Crippen molar-refractivity contribution in [2.45, 2.75) is 6.10 Å². The van der Waals surface area contributed by atoms with E-state index in [1.165, 1.54) is 0 Å². The quantitative estimate of drug-likeness (QED) is 0.533. The first-order chi connectivity index (χ1) is 12.3. The maximum atomic E-state index is 10.7. The number of nitriles is 1. The molecule has 1 N–H and O–H groups in total. The van der Waals surface area contributed by atoms with E-state index in [0.29, 0.717) is 5.56 Å². The molecule has 4 aromatic rings. The first-order valence-electron chi connectivity index (χ1n) is 8.00. The lowest BCUT2D eigenvalue weighted by atomic mass is 9.91. The molecule has 0 aliphatic rings. The van der Waals surface area contributed by atoms with Crippen molar-refractivity contribution in [1.82, 2.24) is 0 Å². The first kappa shape index (κ1) is 15.6. The molecule has 1 heterocycles. The third kappa shape index (κ3) is 2.83. The van der Waals surface area contributed by atoms with Crippen LogP contribution in [0.1, 0.15) is 22.8 Å². The summed E-state index contributed by atoms with van der Waals surface area (Å²) in [5.74, 6) is 0. The number of thiophene rings is 1. The largest absolute Gasteiger partial charge is 0.384 e. The summed E-state index contributed by atoms with van der Waals surface area (Å²) in [6.45, 7) is 0. The summed E-state index contributed by atoms with van der Waals surface area (Å²) in [7, 11) is 0. The van der Waals surface area contributed by atoms with Gasteiger partial charge in [-0.15, -0.1) is 0 Å². The van der Waals surface area contributed by atoms with Crippen LogP contribution < -0.4 is 0 Å². The molecule has 0 amide bonds. The third-order valence-electron chi connectivity index (χ3n) is 4.42. The third-order valence-corrected chi connectivity index (χ3v) is 5.12. The minimum atomic E-state index is -0.687. The summed E-state index contributed by atoms with van der Waals surface area (Å²) in [5, 5.41) is 26.3. The number of hydrogen-bond acceptors (Lipinski definition) is 3. The molecular weight excluding hydrogens is 326 g/mol. The Hall–Kier alpha value is -2.93. The highest BCUT2D eigenvalue weighted by Gasteiger charge is 2.15. The predicted octanol–water partition coefficient (Wildman–Crippen LogP) is 5.52. The van der Waals surface area contributed by atoms with Gasteiger partial charge in [-0.2, -0.15) is 16.6 Å². The van der Waals surface area contributed by atoms with Crippen LogP contribution in [0.5, 0.6) is 0 Å². The lowest BCUT2D eigenvalue weighted by Gasteiger charge is -2.14. The van der Waals surface area contributed by atoms with Crippen molar-refractivity contribution < 1.29 is 5.11 Å². The molecule has 25 heavy (non-hydrogen) atoms. The number of fused-ring (bicyclic) bond motifs is 1. The van der Waals surface area contributed by atoms with Crippen molar-refractivity contribution in [2.75, 3.05) is 0 Å². The second kappa shape index (κ2) is 6.52. The van der Waals surface area contributed by atoms with Crippen molar-refractivity contribution in [3.63, 3.8) is 0 Å². The summed E-state index contributed by atoms with van der Waals surface area (Å²) in [4.78, 5) is 0. The van der Waals surface area contributed by atoms with Gasteiger partial charge in [0.05, 0.1) is 11.6 Å². The van der Waals surface area contributed by atoms with E-state index in [0.717, 1.165) is 33.0 Å². The Bertz CT molecular complexity index is 1070. The number of hydrogen-bond donors (Lipinski definition) is 1. The van der Waals surface area contributed by atoms with Crippen LogP contribution >= 0.6 is 11.3 Å². The smallest absolute Gasteiger partial charge is 0.105 e. The molecule has 0 aliphatic carbocycles. The zero-order chi connectivity index (χ0) is 17.2. The molecule has 3 heteroatoms. The van der Waals surface area contributed by atoms with Crippen molar-refractivity contribution in [2.24, 2.45) is 0 Å². The minimum absolute atomic E-state index is 0.609. The Kier molecular flexibility index (Phi) is 4.07. The Morgan fingerprint density at radius 1 is 0.880 bits per heavy atom. The first-order valence-corrected chi connectivity index (χ1v) is 8.94. The highest BCUT2D eigenvalue weighted by Crippen LogP contribution is 2.34. The van der Waals surface area contributed by atoms with Crippen LogP contribution in [-0.2, 0) is 0 Å². The molecule has 2 nitrogen and oxygen atoms in total. The maximum Gasteiger partial charge on any atom is 0.105 e. The molecule has 4 rings (SSSR count). The number of nitrogens with zero attached hydrogens (tertiary/aromatic N) is 1. The van der Waals surface area contributed by atoms with Crippen LogP contribution in [0.25, 0.3) is 21.9 Å². The zero-order valence-corrected chi connectivity index (χ0v) is 14.2. The van der Waals surface area contributed by atoms with Gasteiger partial charge >= 0.3 is 0 Å². The van der Waals surface area contributed by atoms with Crippen molar-refractivity contribution in [1.29, 1.82) is 5.26 Å². The maximum absolute atomic E-state index is 10.7. The molecule has 3 aromatic carbocycles. The molecule has 0 aliphatic heterocycles. The van der Waals surface area contributed by atoms with Crippen molar-refractivity contribution in [3.8, 4) is 17.2 Å². The topological polar surface area (TPSA) is 44.0 Å². The van der Waals surface area contributed by atoms with Crippen LogP contribution in [0.3, 0.4) is 0 Å². The van der Waals surface area contributed by atoms with Crippen molar-refractivity contribution >= 4 is 22.1 Å². The molecule has 0 bridgehead atoms. The molecule has 0 saturated carbocycles. The standard InChI is InChI=1S/C22H15NOS/c23-13-17-9-8-16(22(24)18-10-11-25-14-18)12-21(17)20-7-3-5-15-4-1-2-6-19(15)20/h1-12,14,22,24H. The molecule has 1 unspecified atom stereocenters. The van der Waals surface area contributed by atoms with Gasteiger partial charge in [0.15, 0.2) is 0 Å². The van der Waals surface area contributed by atoms with Gasteiger partial charge in [-0.1, -0.05) is 48.5 Å². The normalized spacial score (nSPS) is 12.0. The van der Waals surface area contributed by atoms with E-state index in [-0.39, 0.29) is 0 Å². The van der Waals surface area contributed by atoms with Crippen LogP contribution in [-0.4, -0.2) is 5.11 Å². The van der Waals surface area contributed by atoms with E-state index in [1.807, 2.05) is 53.2 Å². The second-order valence-corrected chi connectivity index (χ2v) is 6.68. The summed E-state index contributed by atoms with van der Waals surface area (Å²) < 4.78 is 0. The zero-order valence-electron chi connectivity index (χ0n) is 13.4. The Balaban J connectivity index is 1.91. The summed E-state index contributed by atoms with van der Waals surface area (Å²) in [5.41, 5.74) is 4.14. The van der Waals surface area contributed by atoms with E-state index in [2.05, 4.69) is 24.3 Å². The second-order valence-electron chi connectivity index (χ2n) is 5.90. The lowest BCUT2D eigenvalue weighted by Crippen LogP contribution is -1.99. The van der Waals surface area contributed by atoms with Gasteiger partial charge in [-0.05, 0) is 56.4 Å². The molecule has 0 spiro atoms. The minimum Gasteiger partial charge on any atom is -0.384 e. The van der Waals surface area contributed by atoms with Crippen LogP contribution in [0.2, 0.25) is 0 Å². The summed E-state index contributed by atoms with van der Waals surface area (Å²) in [6.07, 6.45) is -0.687. The highest BCUT2D eigenvalue weighted by molar-refractivity contribution is 7.08. The summed E-state index contributed by atoms with van der Waals surface area (Å²) in [6, 6.07) is 24.0. The SMILES string of the molecule is N#Cc1ccc(C(O)c2ccsc2)cc1-c1cccc2ccccc12. The van der Waals surface area contributed by atoms with E-state index >= 15 is 0 Å². The molecule has 0 fully saturated rings. The average molecular weight is 341 g/mol. The lowest BCUT2D eigenvalue weighted by molar-refractivity contribution is 0.221.